The quantitative estimate of drug-likeness (QED) is 0.524. The van der Waals surface area contributed by atoms with Crippen LogP contribution in [0.2, 0.25) is 0 Å². The largest absolute Gasteiger partial charge is 0.497 e. The van der Waals surface area contributed by atoms with Crippen LogP contribution in [-0.2, 0) is 0 Å². The summed E-state index contributed by atoms with van der Waals surface area (Å²) in [5.74, 6) is 0.657. The number of pyridine rings is 1. The second-order valence-corrected chi connectivity index (χ2v) is 5.58. The van der Waals surface area contributed by atoms with Crippen molar-refractivity contribution in [3.8, 4) is 16.5 Å². The van der Waals surface area contributed by atoms with Gasteiger partial charge in [0.05, 0.1) is 18.5 Å². The Kier molecular flexibility index (Phi) is 4.59. The van der Waals surface area contributed by atoms with Crippen molar-refractivity contribution in [1.29, 1.82) is 0 Å². The fourth-order valence-electron chi connectivity index (χ4n) is 1.98. The number of hydrogen-bond donors (Lipinski definition) is 0. The Morgan fingerprint density at radius 1 is 1.17 bits per heavy atom. The molecule has 0 fully saturated rings. The molecule has 0 aliphatic heterocycles. The molecule has 0 spiro atoms. The topological polar surface area (TPSA) is 52.1 Å². The van der Waals surface area contributed by atoms with Gasteiger partial charge < -0.3 is 4.74 Å². The van der Waals surface area contributed by atoms with E-state index in [2.05, 4.69) is 9.97 Å². The molecule has 0 amide bonds. The van der Waals surface area contributed by atoms with E-state index < -0.39 is 0 Å². The van der Waals surface area contributed by atoms with Crippen LogP contribution in [0.4, 0.5) is 0 Å². The van der Waals surface area contributed by atoms with E-state index in [1.807, 2.05) is 23.6 Å². The lowest BCUT2D eigenvalue weighted by Crippen LogP contribution is -1.94. The average Bonchev–Trinajstić information content (AvgIpc) is 3.09. The summed E-state index contributed by atoms with van der Waals surface area (Å²) in [6, 6.07) is 12.7. The first-order chi connectivity index (χ1) is 11.3. The zero-order valence-corrected chi connectivity index (χ0v) is 13.3. The molecule has 2 heterocycles. The molecule has 0 saturated heterocycles. The second-order valence-electron chi connectivity index (χ2n) is 4.72. The van der Waals surface area contributed by atoms with Crippen molar-refractivity contribution in [3.63, 3.8) is 0 Å². The van der Waals surface area contributed by atoms with E-state index in [0.717, 1.165) is 22.1 Å². The normalized spacial score (nSPS) is 10.8. The van der Waals surface area contributed by atoms with E-state index in [1.165, 1.54) is 17.4 Å². The Hall–Kier alpha value is -2.79. The van der Waals surface area contributed by atoms with Crippen molar-refractivity contribution in [2.45, 2.75) is 0 Å². The number of rotatable bonds is 5. The molecule has 1 aromatic carbocycles. The number of thiazole rings is 1. The van der Waals surface area contributed by atoms with Gasteiger partial charge in [-0.3, -0.25) is 9.78 Å². The van der Waals surface area contributed by atoms with Crippen molar-refractivity contribution < 1.29 is 9.53 Å². The highest BCUT2D eigenvalue weighted by atomic mass is 32.1. The number of allylic oxidation sites excluding steroid dienone is 1. The fourth-order valence-corrected chi connectivity index (χ4v) is 2.75. The summed E-state index contributed by atoms with van der Waals surface area (Å²) in [5, 5.41) is 2.74. The fraction of sp³-hybridized carbons (Fsp3) is 0.0556. The molecule has 0 saturated carbocycles. The zero-order chi connectivity index (χ0) is 16.1. The number of aromatic nitrogens is 2. The van der Waals surface area contributed by atoms with Crippen LogP contribution >= 0.6 is 11.3 Å². The number of benzene rings is 1. The van der Waals surface area contributed by atoms with Gasteiger partial charge in [-0.25, -0.2) is 4.98 Å². The zero-order valence-electron chi connectivity index (χ0n) is 12.5. The molecule has 4 nitrogen and oxygen atoms in total. The van der Waals surface area contributed by atoms with Crippen LogP contribution in [0.25, 0.3) is 16.8 Å². The number of carbonyl (C=O) groups is 1. The Morgan fingerprint density at radius 3 is 2.70 bits per heavy atom. The van der Waals surface area contributed by atoms with Gasteiger partial charge in [-0.05, 0) is 48.6 Å². The van der Waals surface area contributed by atoms with Crippen LogP contribution in [0, 0.1) is 0 Å². The first kappa shape index (κ1) is 15.1. The van der Waals surface area contributed by atoms with Crippen LogP contribution < -0.4 is 4.74 Å². The highest BCUT2D eigenvalue weighted by Gasteiger charge is 2.05. The number of ketones is 1. The Bertz CT molecular complexity index is 824. The first-order valence-electron chi connectivity index (χ1n) is 6.99. The van der Waals surface area contributed by atoms with Crippen LogP contribution in [-0.4, -0.2) is 22.9 Å². The van der Waals surface area contributed by atoms with Crippen LogP contribution in [0.15, 0.2) is 60.1 Å². The predicted molar refractivity (Wildman–Crippen MR) is 91.7 cm³/mol. The number of hydrogen-bond acceptors (Lipinski definition) is 5. The molecule has 0 bridgehead atoms. The molecule has 5 heteroatoms. The summed E-state index contributed by atoms with van der Waals surface area (Å²) in [7, 11) is 1.60. The average molecular weight is 322 g/mol. The SMILES string of the molecule is COc1ccc(C(=O)/C=C/c2csc(-c3ccccn3)n2)cc1. The highest BCUT2D eigenvalue weighted by Crippen LogP contribution is 2.22. The summed E-state index contributed by atoms with van der Waals surface area (Å²) >= 11 is 1.50. The summed E-state index contributed by atoms with van der Waals surface area (Å²) in [6.07, 6.45) is 4.98. The Balaban J connectivity index is 1.72. The maximum absolute atomic E-state index is 12.1. The van der Waals surface area contributed by atoms with Gasteiger partial charge in [-0.1, -0.05) is 6.07 Å². The van der Waals surface area contributed by atoms with Crippen molar-refractivity contribution in [3.05, 3.63) is 71.4 Å². The van der Waals surface area contributed by atoms with Gasteiger partial charge in [0.15, 0.2) is 5.78 Å². The van der Waals surface area contributed by atoms with Gasteiger partial charge in [0, 0.05) is 17.1 Å². The molecule has 3 aromatic rings. The lowest BCUT2D eigenvalue weighted by atomic mass is 10.1. The molecule has 0 aliphatic rings. The third kappa shape index (κ3) is 3.70. The smallest absolute Gasteiger partial charge is 0.185 e. The minimum absolute atomic E-state index is 0.0694. The number of methoxy groups -OCH3 is 1. The summed E-state index contributed by atoms with van der Waals surface area (Å²) in [5.41, 5.74) is 2.19. The van der Waals surface area contributed by atoms with Crippen LogP contribution in [0.5, 0.6) is 5.75 Å². The molecular formula is C18H14N2O2S. The number of nitrogens with zero attached hydrogens (tertiary/aromatic N) is 2. The minimum Gasteiger partial charge on any atom is -0.497 e. The van der Waals surface area contributed by atoms with Gasteiger partial charge in [-0.2, -0.15) is 0 Å². The van der Waals surface area contributed by atoms with Crippen molar-refractivity contribution >= 4 is 23.2 Å². The van der Waals surface area contributed by atoms with Gasteiger partial charge in [0.2, 0.25) is 0 Å². The van der Waals surface area contributed by atoms with Gasteiger partial charge in [0.1, 0.15) is 10.8 Å². The molecule has 0 radical (unpaired) electrons. The van der Waals surface area contributed by atoms with E-state index in [9.17, 15) is 4.79 Å². The standard InChI is InChI=1S/C18H14N2O2S/c1-22-15-8-5-13(6-9-15)17(21)10-7-14-12-23-18(20-14)16-4-2-3-11-19-16/h2-12H,1H3/b10-7+. The van der Waals surface area contributed by atoms with E-state index >= 15 is 0 Å². The van der Waals surface area contributed by atoms with Crippen molar-refractivity contribution in [1.82, 2.24) is 9.97 Å². The van der Waals surface area contributed by atoms with Gasteiger partial charge in [0.25, 0.3) is 0 Å². The Labute approximate surface area is 138 Å². The van der Waals surface area contributed by atoms with E-state index in [1.54, 1.807) is 43.6 Å². The molecule has 0 unspecified atom stereocenters. The van der Waals surface area contributed by atoms with E-state index in [-0.39, 0.29) is 5.78 Å². The summed E-state index contributed by atoms with van der Waals surface area (Å²) in [6.45, 7) is 0. The molecule has 23 heavy (non-hydrogen) atoms. The molecule has 2 aromatic heterocycles. The van der Waals surface area contributed by atoms with Gasteiger partial charge in [-0.15, -0.1) is 11.3 Å². The lowest BCUT2D eigenvalue weighted by molar-refractivity contribution is 0.104. The number of carbonyl (C=O) groups excluding carboxylic acids is 1. The van der Waals surface area contributed by atoms with E-state index in [4.69, 9.17) is 4.74 Å². The molecule has 0 N–H and O–H groups in total. The third-order valence-electron chi connectivity index (χ3n) is 3.19. The monoisotopic (exact) mass is 322 g/mol. The molecule has 0 aliphatic carbocycles. The predicted octanol–water partition coefficient (Wildman–Crippen LogP) is 4.11. The highest BCUT2D eigenvalue weighted by molar-refractivity contribution is 7.13. The van der Waals surface area contributed by atoms with Gasteiger partial charge >= 0.3 is 0 Å². The summed E-state index contributed by atoms with van der Waals surface area (Å²) < 4.78 is 5.08. The van der Waals surface area contributed by atoms with Crippen molar-refractivity contribution in [2.24, 2.45) is 0 Å². The summed E-state index contributed by atoms with van der Waals surface area (Å²) in [4.78, 5) is 20.9. The minimum atomic E-state index is -0.0694. The molecule has 3 rings (SSSR count). The van der Waals surface area contributed by atoms with E-state index in [0.29, 0.717) is 5.56 Å². The molecule has 114 valence electrons. The second kappa shape index (κ2) is 6.98. The maximum Gasteiger partial charge on any atom is 0.185 e. The molecule has 0 atom stereocenters. The third-order valence-corrected chi connectivity index (χ3v) is 4.07. The van der Waals surface area contributed by atoms with Crippen molar-refractivity contribution in [2.75, 3.05) is 7.11 Å². The van der Waals surface area contributed by atoms with Crippen LogP contribution in [0.1, 0.15) is 16.1 Å². The Morgan fingerprint density at radius 2 is 2.00 bits per heavy atom. The number of ether oxygens (including phenoxy) is 1. The maximum atomic E-state index is 12.1. The lowest BCUT2D eigenvalue weighted by Gasteiger charge is -1.99. The first-order valence-corrected chi connectivity index (χ1v) is 7.87. The molecular weight excluding hydrogens is 308 g/mol. The van der Waals surface area contributed by atoms with Crippen LogP contribution in [0.3, 0.4) is 0 Å².